The summed E-state index contributed by atoms with van der Waals surface area (Å²) in [6.07, 6.45) is 4.76. The van der Waals surface area contributed by atoms with Gasteiger partial charge in [0.05, 0.1) is 20.6 Å². The highest BCUT2D eigenvalue weighted by molar-refractivity contribution is 5.79. The Balaban J connectivity index is 1.69. The van der Waals surface area contributed by atoms with Gasteiger partial charge in [-0.05, 0) is 56.5 Å². The number of nitrogens with zero attached hydrogens (tertiary/aromatic N) is 2. The fourth-order valence-electron chi connectivity index (χ4n) is 4.01. The SMILES string of the molecule is COc1cc(CC(=O)N(CCN2CCCC2)C2CCOCC2)cc(OC)c1. The number of benzene rings is 1. The van der Waals surface area contributed by atoms with Gasteiger partial charge in [0.25, 0.3) is 0 Å². The molecule has 0 bridgehead atoms. The van der Waals surface area contributed by atoms with Gasteiger partial charge in [-0.1, -0.05) is 0 Å². The molecule has 2 heterocycles. The summed E-state index contributed by atoms with van der Waals surface area (Å²) in [5.74, 6) is 1.61. The first-order valence-corrected chi connectivity index (χ1v) is 10.0. The third-order valence-corrected chi connectivity index (χ3v) is 5.57. The lowest BCUT2D eigenvalue weighted by Crippen LogP contribution is -2.47. The summed E-state index contributed by atoms with van der Waals surface area (Å²) in [5.41, 5.74) is 0.925. The van der Waals surface area contributed by atoms with Gasteiger partial charge in [-0.3, -0.25) is 4.79 Å². The molecule has 0 saturated carbocycles. The van der Waals surface area contributed by atoms with E-state index in [4.69, 9.17) is 14.2 Å². The Morgan fingerprint density at radius 3 is 2.33 bits per heavy atom. The minimum atomic E-state index is 0.177. The molecule has 3 rings (SSSR count). The normalized spacial score (nSPS) is 18.4. The Hall–Kier alpha value is -1.79. The van der Waals surface area contributed by atoms with Crippen LogP contribution < -0.4 is 9.47 Å². The van der Waals surface area contributed by atoms with Crippen LogP contribution in [0.2, 0.25) is 0 Å². The first kappa shape index (κ1) is 20.0. The van der Waals surface area contributed by atoms with Crippen LogP contribution >= 0.6 is 0 Å². The molecule has 1 aromatic carbocycles. The van der Waals surface area contributed by atoms with Gasteiger partial charge in [0.15, 0.2) is 0 Å². The Labute approximate surface area is 162 Å². The summed E-state index contributed by atoms with van der Waals surface area (Å²) < 4.78 is 16.2. The molecule has 0 N–H and O–H groups in total. The van der Waals surface area contributed by atoms with Crippen molar-refractivity contribution in [1.82, 2.24) is 9.80 Å². The standard InChI is InChI=1S/C21H32N2O4/c1-25-19-13-17(14-20(16-19)26-2)15-21(24)23(18-5-11-27-12-6-18)10-9-22-7-3-4-8-22/h13-14,16,18H,3-12,15H2,1-2H3. The smallest absolute Gasteiger partial charge is 0.227 e. The maximum absolute atomic E-state index is 13.2. The van der Waals surface area contributed by atoms with Crippen LogP contribution in [0.4, 0.5) is 0 Å². The lowest BCUT2D eigenvalue weighted by atomic mass is 10.0. The number of methoxy groups -OCH3 is 2. The van der Waals surface area contributed by atoms with E-state index in [1.807, 2.05) is 18.2 Å². The van der Waals surface area contributed by atoms with E-state index in [9.17, 15) is 4.79 Å². The highest BCUT2D eigenvalue weighted by Crippen LogP contribution is 2.24. The number of hydrogen-bond acceptors (Lipinski definition) is 5. The summed E-state index contributed by atoms with van der Waals surface area (Å²) in [4.78, 5) is 17.8. The van der Waals surface area contributed by atoms with E-state index in [2.05, 4.69) is 9.80 Å². The van der Waals surface area contributed by atoms with Gasteiger partial charge in [0.1, 0.15) is 11.5 Å². The number of ether oxygens (including phenoxy) is 3. The van der Waals surface area contributed by atoms with Gasteiger partial charge in [-0.2, -0.15) is 0 Å². The summed E-state index contributed by atoms with van der Waals surface area (Å²) in [6.45, 7) is 5.55. The number of hydrogen-bond donors (Lipinski definition) is 0. The van der Waals surface area contributed by atoms with Crippen molar-refractivity contribution < 1.29 is 19.0 Å². The fourth-order valence-corrected chi connectivity index (χ4v) is 4.01. The molecule has 0 aromatic heterocycles. The van der Waals surface area contributed by atoms with Gasteiger partial charge in [-0.15, -0.1) is 0 Å². The molecule has 27 heavy (non-hydrogen) atoms. The summed E-state index contributed by atoms with van der Waals surface area (Å²) >= 11 is 0. The van der Waals surface area contributed by atoms with E-state index in [1.54, 1.807) is 14.2 Å². The summed E-state index contributed by atoms with van der Waals surface area (Å²) in [6, 6.07) is 5.95. The first-order chi connectivity index (χ1) is 13.2. The topological polar surface area (TPSA) is 51.2 Å². The number of amides is 1. The van der Waals surface area contributed by atoms with Crippen LogP contribution in [0.5, 0.6) is 11.5 Å². The van der Waals surface area contributed by atoms with E-state index < -0.39 is 0 Å². The maximum Gasteiger partial charge on any atom is 0.227 e. The first-order valence-electron chi connectivity index (χ1n) is 10.0. The minimum Gasteiger partial charge on any atom is -0.497 e. The molecule has 0 radical (unpaired) electrons. The van der Waals surface area contributed by atoms with Crippen LogP contribution in [-0.4, -0.2) is 75.4 Å². The fraction of sp³-hybridized carbons (Fsp3) is 0.667. The molecule has 0 atom stereocenters. The van der Waals surface area contributed by atoms with Crippen LogP contribution in [0, 0.1) is 0 Å². The highest BCUT2D eigenvalue weighted by Gasteiger charge is 2.26. The average molecular weight is 376 g/mol. The van der Waals surface area contributed by atoms with Crippen LogP contribution in [0.25, 0.3) is 0 Å². The largest absolute Gasteiger partial charge is 0.497 e. The molecule has 0 spiro atoms. The molecule has 2 saturated heterocycles. The van der Waals surface area contributed by atoms with Crippen LogP contribution in [0.15, 0.2) is 18.2 Å². The Morgan fingerprint density at radius 1 is 1.11 bits per heavy atom. The van der Waals surface area contributed by atoms with Crippen molar-refractivity contribution in [1.29, 1.82) is 0 Å². The van der Waals surface area contributed by atoms with E-state index in [0.717, 1.165) is 57.8 Å². The van der Waals surface area contributed by atoms with Crippen molar-refractivity contribution in [2.45, 2.75) is 38.1 Å². The van der Waals surface area contributed by atoms with Crippen molar-refractivity contribution in [2.75, 3.05) is 53.6 Å². The maximum atomic E-state index is 13.2. The van der Waals surface area contributed by atoms with Crippen LogP contribution in [0.1, 0.15) is 31.2 Å². The molecule has 0 unspecified atom stereocenters. The van der Waals surface area contributed by atoms with E-state index in [1.165, 1.54) is 12.8 Å². The third kappa shape index (κ3) is 5.59. The molecule has 2 fully saturated rings. The highest BCUT2D eigenvalue weighted by atomic mass is 16.5. The Morgan fingerprint density at radius 2 is 1.74 bits per heavy atom. The number of carbonyl (C=O) groups is 1. The zero-order valence-corrected chi connectivity index (χ0v) is 16.6. The second kappa shape index (κ2) is 9.95. The van der Waals surface area contributed by atoms with Crippen LogP contribution in [0.3, 0.4) is 0 Å². The number of likely N-dealkylation sites (tertiary alicyclic amines) is 1. The zero-order valence-electron chi connectivity index (χ0n) is 16.6. The zero-order chi connectivity index (χ0) is 19.1. The lowest BCUT2D eigenvalue weighted by molar-refractivity contribution is -0.135. The third-order valence-electron chi connectivity index (χ3n) is 5.57. The van der Waals surface area contributed by atoms with E-state index in [0.29, 0.717) is 17.9 Å². The van der Waals surface area contributed by atoms with Crippen molar-refractivity contribution >= 4 is 5.91 Å². The van der Waals surface area contributed by atoms with Gasteiger partial charge >= 0.3 is 0 Å². The van der Waals surface area contributed by atoms with E-state index in [-0.39, 0.29) is 11.9 Å². The molecule has 6 heteroatoms. The Bertz CT molecular complexity index is 588. The van der Waals surface area contributed by atoms with Crippen molar-refractivity contribution in [3.05, 3.63) is 23.8 Å². The van der Waals surface area contributed by atoms with Gasteiger partial charge < -0.3 is 24.0 Å². The van der Waals surface area contributed by atoms with Crippen molar-refractivity contribution in [3.8, 4) is 11.5 Å². The molecule has 2 aliphatic heterocycles. The second-order valence-electron chi connectivity index (χ2n) is 7.38. The predicted octanol–water partition coefficient (Wildman–Crippen LogP) is 2.35. The molecule has 2 aliphatic rings. The quantitative estimate of drug-likeness (QED) is 0.697. The minimum absolute atomic E-state index is 0.177. The molecular formula is C21H32N2O4. The van der Waals surface area contributed by atoms with Gasteiger partial charge in [-0.25, -0.2) is 0 Å². The second-order valence-corrected chi connectivity index (χ2v) is 7.38. The number of carbonyl (C=O) groups excluding carboxylic acids is 1. The van der Waals surface area contributed by atoms with Crippen molar-refractivity contribution in [3.63, 3.8) is 0 Å². The lowest BCUT2D eigenvalue weighted by Gasteiger charge is -2.35. The average Bonchev–Trinajstić information content (AvgIpc) is 3.22. The van der Waals surface area contributed by atoms with Gasteiger partial charge in [0, 0.05) is 38.4 Å². The molecule has 1 aromatic rings. The molecule has 150 valence electrons. The van der Waals surface area contributed by atoms with Crippen LogP contribution in [-0.2, 0) is 16.0 Å². The molecule has 0 aliphatic carbocycles. The van der Waals surface area contributed by atoms with Crippen molar-refractivity contribution in [2.24, 2.45) is 0 Å². The number of rotatable bonds is 8. The predicted molar refractivity (Wildman–Crippen MR) is 104 cm³/mol. The van der Waals surface area contributed by atoms with Gasteiger partial charge in [0.2, 0.25) is 5.91 Å². The van der Waals surface area contributed by atoms with E-state index >= 15 is 0 Å². The molecular weight excluding hydrogens is 344 g/mol. The molecule has 1 amide bonds. The molecule has 6 nitrogen and oxygen atoms in total. The Kier molecular flexibility index (Phi) is 7.35. The summed E-state index contributed by atoms with van der Waals surface area (Å²) in [7, 11) is 3.26. The monoisotopic (exact) mass is 376 g/mol. The summed E-state index contributed by atoms with van der Waals surface area (Å²) in [5, 5.41) is 0.